The van der Waals surface area contributed by atoms with Crippen LogP contribution in [0.3, 0.4) is 0 Å². The largest absolute Gasteiger partial charge is 0.373 e. The summed E-state index contributed by atoms with van der Waals surface area (Å²) in [5, 5.41) is 10.9. The minimum absolute atomic E-state index is 0.00332. The Morgan fingerprint density at radius 1 is 1.19 bits per heavy atom. The summed E-state index contributed by atoms with van der Waals surface area (Å²) >= 11 is 0. The van der Waals surface area contributed by atoms with E-state index < -0.39 is 4.92 Å². The second kappa shape index (κ2) is 7.11. The topological polar surface area (TPSA) is 88.3 Å². The predicted octanol–water partition coefficient (Wildman–Crippen LogP) is 3.75. The van der Waals surface area contributed by atoms with Gasteiger partial charge in [-0.3, -0.25) is 24.8 Å². The number of hydrogen-bond acceptors (Lipinski definition) is 6. The summed E-state index contributed by atoms with van der Waals surface area (Å²) in [6.07, 6.45) is 6.70. The van der Waals surface area contributed by atoms with Gasteiger partial charge in [0.15, 0.2) is 0 Å². The maximum absolute atomic E-state index is 13.6. The van der Waals surface area contributed by atoms with Crippen molar-refractivity contribution in [2.45, 2.75) is 42.9 Å². The van der Waals surface area contributed by atoms with Crippen molar-refractivity contribution in [2.24, 2.45) is 16.8 Å². The SMILES string of the molecule is O=C1C[C@@H]2OCC=C3CN4CC[C@]56c7cc(N=Cc8ccc([N+](=O)[O-])cc8)ccc7N1[C@H]5[C@@H]2[C@H]3C[C@@H]46. The molecule has 8 rings (SSSR count). The molecule has 6 aliphatic rings. The summed E-state index contributed by atoms with van der Waals surface area (Å²) in [5.41, 5.74) is 5.49. The van der Waals surface area contributed by atoms with Crippen LogP contribution in [0.4, 0.5) is 17.1 Å². The highest BCUT2D eigenvalue weighted by Gasteiger charge is 2.71. The van der Waals surface area contributed by atoms with Crippen LogP contribution in [0.25, 0.3) is 0 Å². The minimum Gasteiger partial charge on any atom is -0.373 e. The van der Waals surface area contributed by atoms with Crippen molar-refractivity contribution in [3.05, 3.63) is 75.4 Å². The number of anilines is 1. The van der Waals surface area contributed by atoms with Crippen LogP contribution in [0.1, 0.15) is 30.4 Å². The van der Waals surface area contributed by atoms with Gasteiger partial charge < -0.3 is 9.64 Å². The second-order valence-corrected chi connectivity index (χ2v) is 11.1. The van der Waals surface area contributed by atoms with E-state index in [1.165, 1.54) is 23.3 Å². The lowest BCUT2D eigenvalue weighted by Gasteiger charge is -2.58. The van der Waals surface area contributed by atoms with Gasteiger partial charge in [-0.25, -0.2) is 0 Å². The van der Waals surface area contributed by atoms with Crippen LogP contribution in [0.2, 0.25) is 0 Å². The quantitative estimate of drug-likeness (QED) is 0.288. The Balaban J connectivity index is 1.23. The number of carbonyl (C=O) groups excluding carboxylic acids is 1. The molecule has 2 aromatic rings. The third kappa shape index (κ3) is 2.56. The van der Waals surface area contributed by atoms with Crippen LogP contribution in [0.5, 0.6) is 0 Å². The molecule has 1 saturated carbocycles. The summed E-state index contributed by atoms with van der Waals surface area (Å²) in [6, 6.07) is 13.3. The van der Waals surface area contributed by atoms with E-state index in [1.54, 1.807) is 18.3 Å². The van der Waals surface area contributed by atoms with Gasteiger partial charge >= 0.3 is 0 Å². The normalized spacial score (nSPS) is 35.6. The summed E-state index contributed by atoms with van der Waals surface area (Å²) in [4.78, 5) is 33.6. The summed E-state index contributed by atoms with van der Waals surface area (Å²) in [5.74, 6) is 1.02. The summed E-state index contributed by atoms with van der Waals surface area (Å²) < 4.78 is 6.32. The third-order valence-electron chi connectivity index (χ3n) is 9.76. The fraction of sp³-hybridized carbons (Fsp3) is 0.429. The van der Waals surface area contributed by atoms with Gasteiger partial charge in [-0.1, -0.05) is 11.6 Å². The molecule has 1 amide bonds. The molecule has 36 heavy (non-hydrogen) atoms. The number of carbonyl (C=O) groups is 1. The number of hydrogen-bond donors (Lipinski definition) is 0. The molecule has 0 N–H and O–H groups in total. The van der Waals surface area contributed by atoms with E-state index in [9.17, 15) is 14.9 Å². The van der Waals surface area contributed by atoms with Crippen molar-refractivity contribution in [1.29, 1.82) is 0 Å². The van der Waals surface area contributed by atoms with Crippen LogP contribution < -0.4 is 4.90 Å². The molecule has 8 nitrogen and oxygen atoms in total. The van der Waals surface area contributed by atoms with E-state index in [2.05, 4.69) is 28.0 Å². The fourth-order valence-corrected chi connectivity index (χ4v) is 8.45. The smallest absolute Gasteiger partial charge is 0.269 e. The highest BCUT2D eigenvalue weighted by Crippen LogP contribution is 2.66. The van der Waals surface area contributed by atoms with Crippen LogP contribution in [0, 0.1) is 22.0 Å². The van der Waals surface area contributed by atoms with Crippen molar-refractivity contribution in [3.8, 4) is 0 Å². The van der Waals surface area contributed by atoms with E-state index in [0.717, 1.165) is 42.9 Å². The van der Waals surface area contributed by atoms with Gasteiger partial charge in [-0.15, -0.1) is 0 Å². The molecule has 0 unspecified atom stereocenters. The molecule has 5 aliphatic heterocycles. The lowest BCUT2D eigenvalue weighted by Crippen LogP contribution is -2.69. The Hall–Kier alpha value is -3.36. The maximum atomic E-state index is 13.6. The molecule has 1 aliphatic carbocycles. The fourth-order valence-electron chi connectivity index (χ4n) is 8.45. The van der Waals surface area contributed by atoms with Gasteiger partial charge in [-0.2, -0.15) is 0 Å². The van der Waals surface area contributed by atoms with E-state index in [-0.39, 0.29) is 29.2 Å². The van der Waals surface area contributed by atoms with Crippen LogP contribution in [-0.4, -0.2) is 59.8 Å². The lowest BCUT2D eigenvalue weighted by atomic mass is 9.53. The zero-order chi connectivity index (χ0) is 24.2. The second-order valence-electron chi connectivity index (χ2n) is 11.1. The first-order chi connectivity index (χ1) is 17.5. The van der Waals surface area contributed by atoms with Crippen molar-refractivity contribution in [3.63, 3.8) is 0 Å². The molecule has 0 aromatic heterocycles. The zero-order valence-electron chi connectivity index (χ0n) is 19.7. The number of nitrogens with zero attached hydrogens (tertiary/aromatic N) is 4. The predicted molar refractivity (Wildman–Crippen MR) is 134 cm³/mol. The van der Waals surface area contributed by atoms with E-state index in [4.69, 9.17) is 9.73 Å². The highest BCUT2D eigenvalue weighted by atomic mass is 16.6. The first kappa shape index (κ1) is 20.8. The lowest BCUT2D eigenvalue weighted by molar-refractivity contribution is -0.384. The minimum atomic E-state index is -0.399. The van der Waals surface area contributed by atoms with Crippen molar-refractivity contribution >= 4 is 29.2 Å². The molecule has 2 bridgehead atoms. The number of aliphatic imine (C=N–C) groups is 1. The zero-order valence-corrected chi connectivity index (χ0v) is 19.7. The van der Waals surface area contributed by atoms with Crippen LogP contribution >= 0.6 is 0 Å². The van der Waals surface area contributed by atoms with Gasteiger partial charge in [0.05, 0.1) is 35.8 Å². The maximum Gasteiger partial charge on any atom is 0.269 e. The number of amides is 1. The third-order valence-corrected chi connectivity index (χ3v) is 9.76. The monoisotopic (exact) mass is 482 g/mol. The van der Waals surface area contributed by atoms with Gasteiger partial charge in [-0.05, 0) is 66.8 Å². The van der Waals surface area contributed by atoms with Gasteiger partial charge in [0, 0.05) is 48.0 Å². The molecule has 0 radical (unpaired) electrons. The molecule has 5 heterocycles. The van der Waals surface area contributed by atoms with E-state index in [1.807, 2.05) is 6.07 Å². The van der Waals surface area contributed by atoms with E-state index in [0.29, 0.717) is 30.9 Å². The number of fused-ring (bicyclic) bond motifs is 2. The average Bonchev–Trinajstić information content (AvgIpc) is 3.35. The van der Waals surface area contributed by atoms with Crippen LogP contribution in [0.15, 0.2) is 59.1 Å². The van der Waals surface area contributed by atoms with Crippen molar-refractivity contribution in [1.82, 2.24) is 4.90 Å². The van der Waals surface area contributed by atoms with Gasteiger partial charge in [0.2, 0.25) is 5.91 Å². The number of piperidine rings is 2. The number of benzene rings is 2. The molecular weight excluding hydrogens is 456 g/mol. The Labute approximate surface area is 208 Å². The first-order valence-electron chi connectivity index (χ1n) is 12.8. The molecule has 8 heteroatoms. The molecular formula is C28H26N4O4. The Bertz CT molecular complexity index is 1380. The Morgan fingerprint density at radius 2 is 2.06 bits per heavy atom. The average molecular weight is 483 g/mol. The molecule has 182 valence electrons. The van der Waals surface area contributed by atoms with Gasteiger partial charge in [0.1, 0.15) is 0 Å². The molecule has 4 fully saturated rings. The number of rotatable bonds is 3. The molecule has 6 atom stereocenters. The molecule has 3 saturated heterocycles. The van der Waals surface area contributed by atoms with Crippen molar-refractivity contribution in [2.75, 3.05) is 24.6 Å². The number of nitro groups is 1. The first-order valence-corrected chi connectivity index (χ1v) is 12.8. The molecule has 2 aromatic carbocycles. The van der Waals surface area contributed by atoms with E-state index >= 15 is 0 Å². The number of ether oxygens (including phenoxy) is 1. The van der Waals surface area contributed by atoms with Crippen molar-refractivity contribution < 1.29 is 14.5 Å². The van der Waals surface area contributed by atoms with Gasteiger partial charge in [0.25, 0.3) is 5.69 Å². The number of non-ortho nitro benzene ring substituents is 1. The Kier molecular flexibility index (Phi) is 4.11. The summed E-state index contributed by atoms with van der Waals surface area (Å²) in [7, 11) is 0. The summed E-state index contributed by atoms with van der Waals surface area (Å²) in [6.45, 7) is 2.70. The number of nitro benzene ring substituents is 1. The standard InChI is InChI=1S/C28H26N4O4/c33-25-13-23-26-20-12-24-28(8-9-30(24)15-17(20)7-10-36-23)21-11-18(3-6-22(21)31(25)27(26)28)29-14-16-1-4-19(5-2-16)32(34)35/h1-7,11,14,20,23-24,26-27H,8-10,12-13,15H2/t20-,23-,24+,26+,27-,28+/m0/s1. The molecule has 1 spiro atoms. The van der Waals surface area contributed by atoms with Crippen LogP contribution in [-0.2, 0) is 14.9 Å². The Morgan fingerprint density at radius 3 is 2.89 bits per heavy atom. The highest BCUT2D eigenvalue weighted by molar-refractivity contribution is 5.99.